The Hall–Kier alpha value is -2.17. The first-order valence-corrected chi connectivity index (χ1v) is 13.8. The zero-order chi connectivity index (χ0) is 24.3. The Morgan fingerprint density at radius 3 is 2.65 bits per heavy atom. The van der Waals surface area contributed by atoms with Crippen LogP contribution in [0.3, 0.4) is 0 Å². The van der Waals surface area contributed by atoms with Crippen LogP contribution in [0.4, 0.5) is 5.69 Å². The lowest BCUT2D eigenvalue weighted by atomic mass is 9.93. The van der Waals surface area contributed by atoms with Gasteiger partial charge in [-0.3, -0.25) is 4.79 Å². The number of rotatable bonds is 7. The minimum absolute atomic E-state index is 0.00136. The second-order valence-corrected chi connectivity index (χ2v) is 12.0. The summed E-state index contributed by atoms with van der Waals surface area (Å²) in [6, 6.07) is 3.88. The van der Waals surface area contributed by atoms with E-state index in [4.69, 9.17) is 21.1 Å². The van der Waals surface area contributed by atoms with Gasteiger partial charge < -0.3 is 14.8 Å². The van der Waals surface area contributed by atoms with Gasteiger partial charge in [0, 0.05) is 18.8 Å². The molecule has 0 amide bonds. The van der Waals surface area contributed by atoms with Crippen molar-refractivity contribution in [2.45, 2.75) is 62.8 Å². The van der Waals surface area contributed by atoms with E-state index in [0.29, 0.717) is 17.5 Å². The highest BCUT2D eigenvalue weighted by atomic mass is 35.5. The predicted molar refractivity (Wildman–Crippen MR) is 131 cm³/mol. The number of nitrogens with one attached hydrogen (secondary N) is 1. The van der Waals surface area contributed by atoms with Crippen molar-refractivity contribution in [1.29, 1.82) is 0 Å². The lowest BCUT2D eigenvalue weighted by Crippen LogP contribution is -2.41. The van der Waals surface area contributed by atoms with Gasteiger partial charge in [-0.2, -0.15) is 5.10 Å². The molecule has 1 aliphatic carbocycles. The van der Waals surface area contributed by atoms with Gasteiger partial charge in [0.2, 0.25) is 5.88 Å². The molecule has 1 saturated carbocycles. The highest BCUT2D eigenvalue weighted by Crippen LogP contribution is 2.30. The zero-order valence-electron chi connectivity index (χ0n) is 19.4. The molecule has 2 aromatic heterocycles. The minimum atomic E-state index is -3.23. The molecule has 9 nitrogen and oxygen atoms in total. The molecular formula is C23H31ClN4O5S. The predicted octanol–water partition coefficient (Wildman–Crippen LogP) is 3.20. The van der Waals surface area contributed by atoms with Crippen LogP contribution in [0.25, 0.3) is 0 Å². The van der Waals surface area contributed by atoms with E-state index in [1.54, 1.807) is 0 Å². The smallest absolute Gasteiger partial charge is 0.287 e. The number of halogens is 1. The van der Waals surface area contributed by atoms with Crippen LogP contribution in [0.15, 0.2) is 29.3 Å². The quantitative estimate of drug-likeness (QED) is 0.604. The lowest BCUT2D eigenvalue weighted by Gasteiger charge is -2.29. The van der Waals surface area contributed by atoms with Gasteiger partial charge in [0.25, 0.3) is 5.56 Å². The van der Waals surface area contributed by atoms with E-state index < -0.39 is 15.1 Å². The fraction of sp³-hybridized carbons (Fsp3) is 0.609. The summed E-state index contributed by atoms with van der Waals surface area (Å²) in [5.41, 5.74) is 1.12. The van der Waals surface area contributed by atoms with Gasteiger partial charge in [0.15, 0.2) is 9.84 Å². The van der Waals surface area contributed by atoms with Gasteiger partial charge in [0.05, 0.1) is 36.9 Å². The van der Waals surface area contributed by atoms with E-state index in [9.17, 15) is 13.2 Å². The van der Waals surface area contributed by atoms with Crippen LogP contribution in [0.1, 0.15) is 57.1 Å². The van der Waals surface area contributed by atoms with Gasteiger partial charge in [-0.05, 0) is 37.2 Å². The van der Waals surface area contributed by atoms with Crippen molar-refractivity contribution in [2.75, 3.05) is 30.8 Å². The van der Waals surface area contributed by atoms with Crippen molar-refractivity contribution in [3.63, 3.8) is 0 Å². The van der Waals surface area contributed by atoms with E-state index in [-0.39, 0.29) is 48.2 Å². The molecule has 0 spiro atoms. The van der Waals surface area contributed by atoms with Gasteiger partial charge >= 0.3 is 0 Å². The lowest BCUT2D eigenvalue weighted by molar-refractivity contribution is 0.123. The van der Waals surface area contributed by atoms with E-state index in [1.807, 2.05) is 18.3 Å². The van der Waals surface area contributed by atoms with Gasteiger partial charge in [0.1, 0.15) is 16.4 Å². The molecule has 186 valence electrons. The Balaban J connectivity index is 1.34. The van der Waals surface area contributed by atoms with Crippen molar-refractivity contribution in [1.82, 2.24) is 14.8 Å². The summed E-state index contributed by atoms with van der Waals surface area (Å²) in [6.07, 6.45) is 6.42. The normalized spacial score (nSPS) is 24.6. The van der Waals surface area contributed by atoms with Crippen LogP contribution in [0.2, 0.25) is 5.02 Å². The standard InChI is InChI=1S/C23H31ClN4O5S/c1-15(2)16-3-8-21(26-11-16)33-18-6-4-17(5-7-18)28-23(29)22(24)20(13-27-28)25-12-19-14-32-9-10-34(19,30)31/h3,8,11,13,15,17-19,25H,4-7,9-10,12,14H2,1-2H3/t17?,18?,19-/m0/s1. The van der Waals surface area contributed by atoms with Crippen LogP contribution in [-0.4, -0.2) is 60.0 Å². The molecule has 1 saturated heterocycles. The first kappa shape index (κ1) is 24.9. The average Bonchev–Trinajstić information content (AvgIpc) is 2.82. The monoisotopic (exact) mass is 510 g/mol. The highest BCUT2D eigenvalue weighted by Gasteiger charge is 2.30. The van der Waals surface area contributed by atoms with Crippen LogP contribution in [0, 0.1) is 0 Å². The van der Waals surface area contributed by atoms with Crippen molar-refractivity contribution in [3.8, 4) is 5.88 Å². The molecule has 2 aliphatic rings. The van der Waals surface area contributed by atoms with Crippen LogP contribution < -0.4 is 15.6 Å². The molecule has 1 N–H and O–H groups in total. The SMILES string of the molecule is CC(C)c1ccc(OC2CCC(n3ncc(NC[C@H]4COCCS4(=O)=O)c(Cl)c3=O)CC2)nc1. The molecule has 11 heteroatoms. The van der Waals surface area contributed by atoms with E-state index in [1.165, 1.54) is 16.4 Å². The van der Waals surface area contributed by atoms with Crippen molar-refractivity contribution < 1.29 is 17.9 Å². The summed E-state index contributed by atoms with van der Waals surface area (Å²) in [7, 11) is -3.23. The molecule has 2 aromatic rings. The largest absolute Gasteiger partial charge is 0.474 e. The first-order valence-electron chi connectivity index (χ1n) is 11.7. The number of ether oxygens (including phenoxy) is 2. The highest BCUT2D eigenvalue weighted by molar-refractivity contribution is 7.92. The van der Waals surface area contributed by atoms with Crippen LogP contribution in [0.5, 0.6) is 5.88 Å². The van der Waals surface area contributed by atoms with Crippen molar-refractivity contribution in [2.24, 2.45) is 0 Å². The number of anilines is 1. The Morgan fingerprint density at radius 1 is 1.24 bits per heavy atom. The number of hydrogen-bond donors (Lipinski definition) is 1. The number of pyridine rings is 1. The van der Waals surface area contributed by atoms with Gasteiger partial charge in [-0.25, -0.2) is 18.1 Å². The molecule has 1 aliphatic heterocycles. The third-order valence-corrected chi connectivity index (χ3v) is 8.91. The topological polar surface area (TPSA) is 112 Å². The first-order chi connectivity index (χ1) is 16.2. The molecule has 0 bridgehead atoms. The summed E-state index contributed by atoms with van der Waals surface area (Å²) >= 11 is 6.33. The molecule has 0 unspecified atom stereocenters. The molecule has 0 aromatic carbocycles. The van der Waals surface area contributed by atoms with Gasteiger partial charge in [-0.15, -0.1) is 0 Å². The Labute approximate surface area is 204 Å². The Kier molecular flexibility index (Phi) is 7.79. The molecule has 2 fully saturated rings. The number of nitrogens with zero attached hydrogens (tertiary/aromatic N) is 3. The fourth-order valence-corrected chi connectivity index (χ4v) is 5.81. The fourth-order valence-electron chi connectivity index (χ4n) is 4.28. The summed E-state index contributed by atoms with van der Waals surface area (Å²) in [4.78, 5) is 17.3. The third kappa shape index (κ3) is 5.72. The third-order valence-electron chi connectivity index (χ3n) is 6.49. The van der Waals surface area contributed by atoms with Crippen molar-refractivity contribution >= 4 is 27.1 Å². The van der Waals surface area contributed by atoms with Gasteiger partial charge in [-0.1, -0.05) is 31.5 Å². The van der Waals surface area contributed by atoms with E-state index in [0.717, 1.165) is 25.7 Å². The number of sulfone groups is 1. The van der Waals surface area contributed by atoms with E-state index in [2.05, 4.69) is 29.2 Å². The van der Waals surface area contributed by atoms with Crippen LogP contribution in [-0.2, 0) is 14.6 Å². The maximum Gasteiger partial charge on any atom is 0.287 e. The van der Waals surface area contributed by atoms with Crippen LogP contribution >= 0.6 is 11.6 Å². The molecule has 1 atom stereocenters. The summed E-state index contributed by atoms with van der Waals surface area (Å²) in [6.45, 7) is 4.70. The zero-order valence-corrected chi connectivity index (χ0v) is 21.0. The summed E-state index contributed by atoms with van der Waals surface area (Å²) in [5, 5.41) is 6.62. The van der Waals surface area contributed by atoms with Crippen molar-refractivity contribution in [3.05, 3.63) is 45.5 Å². The molecule has 0 radical (unpaired) electrons. The maximum absolute atomic E-state index is 12.9. The molecule has 3 heterocycles. The molecule has 4 rings (SSSR count). The number of hydrogen-bond acceptors (Lipinski definition) is 8. The molecular weight excluding hydrogens is 480 g/mol. The Bertz CT molecular complexity index is 1140. The van der Waals surface area contributed by atoms with E-state index >= 15 is 0 Å². The second-order valence-electron chi connectivity index (χ2n) is 9.20. The number of aromatic nitrogens is 3. The minimum Gasteiger partial charge on any atom is -0.474 e. The second kappa shape index (κ2) is 10.6. The maximum atomic E-state index is 12.9. The average molecular weight is 511 g/mol. The summed E-state index contributed by atoms with van der Waals surface area (Å²) in [5.74, 6) is 1.04. The summed E-state index contributed by atoms with van der Waals surface area (Å²) < 4.78 is 37.0. The Morgan fingerprint density at radius 2 is 2.00 bits per heavy atom. The molecule has 34 heavy (non-hydrogen) atoms.